The van der Waals surface area contributed by atoms with E-state index in [9.17, 15) is 0 Å². The highest BCUT2D eigenvalue weighted by atomic mass is 32.1. The van der Waals surface area contributed by atoms with E-state index in [1.54, 1.807) is 5.56 Å². The van der Waals surface area contributed by atoms with E-state index in [-0.39, 0.29) is 5.41 Å². The molecule has 4 saturated carbocycles. The van der Waals surface area contributed by atoms with Crippen molar-refractivity contribution in [3.8, 4) is 0 Å². The Morgan fingerprint density at radius 1 is 1.24 bits per heavy atom. The van der Waals surface area contributed by atoms with Crippen molar-refractivity contribution in [2.75, 3.05) is 0 Å². The van der Waals surface area contributed by atoms with Gasteiger partial charge in [-0.3, -0.25) is 0 Å². The highest BCUT2D eigenvalue weighted by molar-refractivity contribution is 7.80. The Hall–Kier alpha value is -0.890. The first-order valence-electron chi connectivity index (χ1n) is 8.49. The summed E-state index contributed by atoms with van der Waals surface area (Å²) in [7, 11) is 0. The van der Waals surface area contributed by atoms with Gasteiger partial charge in [0, 0.05) is 10.8 Å². The lowest BCUT2D eigenvalue weighted by Gasteiger charge is -2.97. The molecule has 0 aliphatic heterocycles. The van der Waals surface area contributed by atoms with Gasteiger partial charge >= 0.3 is 0 Å². The van der Waals surface area contributed by atoms with Gasteiger partial charge in [-0.2, -0.15) is 0 Å². The van der Waals surface area contributed by atoms with Crippen molar-refractivity contribution in [3.05, 3.63) is 35.9 Å². The van der Waals surface area contributed by atoms with Crippen LogP contribution in [0.15, 0.2) is 30.3 Å². The molecule has 2 heteroatoms. The van der Waals surface area contributed by atoms with E-state index < -0.39 is 0 Å². The molecular weight excluding hydrogens is 274 g/mol. The Balaban J connectivity index is 1.58. The van der Waals surface area contributed by atoms with Gasteiger partial charge < -0.3 is 5.73 Å². The second kappa shape index (κ2) is 3.53. The van der Waals surface area contributed by atoms with Crippen LogP contribution in [0, 0.1) is 28.6 Å². The third-order valence-corrected chi connectivity index (χ3v) is 8.34. The summed E-state index contributed by atoms with van der Waals surface area (Å²) in [4.78, 5) is 0.824. The van der Waals surface area contributed by atoms with Crippen LogP contribution in [0.4, 0.5) is 0 Å². The van der Waals surface area contributed by atoms with Gasteiger partial charge in [-0.15, -0.1) is 0 Å². The van der Waals surface area contributed by atoms with Crippen LogP contribution in [0.5, 0.6) is 0 Å². The van der Waals surface area contributed by atoms with Crippen molar-refractivity contribution in [3.63, 3.8) is 0 Å². The van der Waals surface area contributed by atoms with Crippen molar-refractivity contribution >= 4 is 17.2 Å². The van der Waals surface area contributed by atoms with Gasteiger partial charge in [0.05, 0.1) is 4.99 Å². The molecule has 6 unspecified atom stereocenters. The Morgan fingerprint density at radius 3 is 2.57 bits per heavy atom. The summed E-state index contributed by atoms with van der Waals surface area (Å²) >= 11 is 5.52. The number of thiocarbonyl (C=S) groups is 1. The van der Waals surface area contributed by atoms with E-state index in [2.05, 4.69) is 37.3 Å². The van der Waals surface area contributed by atoms with Crippen molar-refractivity contribution in [1.29, 1.82) is 0 Å². The molecule has 1 nitrogen and oxygen atoms in total. The van der Waals surface area contributed by atoms with E-state index >= 15 is 0 Å². The van der Waals surface area contributed by atoms with Crippen LogP contribution in [0.1, 0.15) is 44.6 Å². The Kier molecular flexibility index (Phi) is 2.13. The summed E-state index contributed by atoms with van der Waals surface area (Å²) in [5.74, 6) is 2.79. The molecule has 1 aromatic carbocycles. The van der Waals surface area contributed by atoms with Crippen molar-refractivity contribution in [1.82, 2.24) is 0 Å². The lowest BCUT2D eigenvalue weighted by atomic mass is 9.05. The molecule has 1 spiro atoms. The Morgan fingerprint density at radius 2 is 1.95 bits per heavy atom. The normalized spacial score (nSPS) is 51.4. The molecule has 0 bridgehead atoms. The zero-order valence-electron chi connectivity index (χ0n) is 12.6. The van der Waals surface area contributed by atoms with Gasteiger partial charge in [-0.1, -0.05) is 62.3 Å². The molecular formula is C19H23NS. The van der Waals surface area contributed by atoms with E-state index in [4.69, 9.17) is 18.0 Å². The molecule has 0 aromatic heterocycles. The van der Waals surface area contributed by atoms with Gasteiger partial charge in [-0.25, -0.2) is 0 Å². The quantitative estimate of drug-likeness (QED) is 0.848. The van der Waals surface area contributed by atoms with Crippen molar-refractivity contribution in [2.24, 2.45) is 34.3 Å². The third kappa shape index (κ3) is 0.966. The van der Waals surface area contributed by atoms with E-state index in [1.807, 2.05) is 0 Å². The first-order chi connectivity index (χ1) is 10.1. The smallest absolute Gasteiger partial charge is 0.0796 e. The average Bonchev–Trinajstić information content (AvgIpc) is 2.42. The maximum Gasteiger partial charge on any atom is 0.0796 e. The first-order valence-corrected chi connectivity index (χ1v) is 8.90. The molecule has 5 rings (SSSR count). The predicted octanol–water partition coefficient (Wildman–Crippen LogP) is 4.06. The largest absolute Gasteiger partial charge is 0.393 e. The fourth-order valence-corrected chi connectivity index (χ4v) is 7.95. The van der Waals surface area contributed by atoms with Gasteiger partial charge in [-0.05, 0) is 48.0 Å². The second-order valence-electron chi connectivity index (χ2n) is 8.01. The summed E-state index contributed by atoms with van der Waals surface area (Å²) in [6.45, 7) is 2.33. The molecule has 1 aromatic rings. The van der Waals surface area contributed by atoms with Crippen LogP contribution in [0.3, 0.4) is 0 Å². The molecule has 21 heavy (non-hydrogen) atoms. The molecule has 4 fully saturated rings. The molecule has 0 saturated heterocycles. The van der Waals surface area contributed by atoms with Crippen molar-refractivity contribution in [2.45, 2.75) is 44.4 Å². The minimum absolute atomic E-state index is 0.232. The SMILES string of the molecule is CCCC1C2CC3(C(N)=S)CC4(c5ccccc5)CC1C234. The number of rotatable bonds is 4. The van der Waals surface area contributed by atoms with Crippen LogP contribution < -0.4 is 5.73 Å². The number of benzene rings is 1. The first kappa shape index (κ1) is 12.6. The summed E-state index contributed by atoms with van der Waals surface area (Å²) in [5, 5.41) is 0. The van der Waals surface area contributed by atoms with E-state index in [0.29, 0.717) is 10.8 Å². The standard InChI is InChI=1S/C19H23NS/c1-2-6-13-14-9-17(12-7-4-3-5-8-12)11-18(16(20)21)10-15(13)19(14,17)18/h3-5,7-8,13-15H,2,6,9-11H2,1H3,(H2,20,21). The molecule has 4 aliphatic rings. The highest BCUT2D eigenvalue weighted by Crippen LogP contribution is 2.98. The van der Waals surface area contributed by atoms with Crippen LogP contribution >= 0.6 is 12.2 Å². The molecule has 6 atom stereocenters. The Labute approximate surface area is 132 Å². The fraction of sp³-hybridized carbons (Fsp3) is 0.632. The van der Waals surface area contributed by atoms with Crippen LogP contribution in [0.25, 0.3) is 0 Å². The van der Waals surface area contributed by atoms with Gasteiger partial charge in [0.2, 0.25) is 0 Å². The third-order valence-electron chi connectivity index (χ3n) is 7.95. The maximum atomic E-state index is 6.23. The predicted molar refractivity (Wildman–Crippen MR) is 89.0 cm³/mol. The fourth-order valence-electron chi connectivity index (χ4n) is 7.63. The van der Waals surface area contributed by atoms with Crippen LogP contribution in [-0.2, 0) is 5.41 Å². The minimum Gasteiger partial charge on any atom is -0.393 e. The van der Waals surface area contributed by atoms with E-state index in [1.165, 1.54) is 32.1 Å². The molecule has 110 valence electrons. The van der Waals surface area contributed by atoms with Crippen LogP contribution in [-0.4, -0.2) is 4.99 Å². The second-order valence-corrected chi connectivity index (χ2v) is 8.45. The minimum atomic E-state index is 0.232. The molecule has 0 radical (unpaired) electrons. The number of nitrogens with two attached hydrogens (primary N) is 1. The van der Waals surface area contributed by atoms with E-state index in [0.717, 1.165) is 22.7 Å². The molecule has 4 aliphatic carbocycles. The summed E-state index contributed by atoms with van der Waals surface area (Å²) in [5.41, 5.74) is 8.93. The summed E-state index contributed by atoms with van der Waals surface area (Å²) in [6, 6.07) is 11.2. The van der Waals surface area contributed by atoms with Crippen molar-refractivity contribution < 1.29 is 0 Å². The number of hydrogen-bond acceptors (Lipinski definition) is 1. The van der Waals surface area contributed by atoms with Gasteiger partial charge in [0.15, 0.2) is 0 Å². The lowest BCUT2D eigenvalue weighted by molar-refractivity contribution is -0.451. The lowest BCUT2D eigenvalue weighted by Crippen LogP contribution is -2.96. The highest BCUT2D eigenvalue weighted by Gasteiger charge is 2.96. The molecule has 2 N–H and O–H groups in total. The topological polar surface area (TPSA) is 26.0 Å². The molecule has 0 amide bonds. The molecule has 0 heterocycles. The zero-order valence-corrected chi connectivity index (χ0v) is 13.5. The maximum absolute atomic E-state index is 6.23. The van der Waals surface area contributed by atoms with Crippen LogP contribution in [0.2, 0.25) is 0 Å². The monoisotopic (exact) mass is 297 g/mol. The van der Waals surface area contributed by atoms with Gasteiger partial charge in [0.1, 0.15) is 0 Å². The summed E-state index contributed by atoms with van der Waals surface area (Å²) in [6.07, 6.45) is 6.65. The number of hydrogen-bond donors (Lipinski definition) is 1. The zero-order chi connectivity index (χ0) is 14.5. The Bertz CT molecular complexity index is 632. The average molecular weight is 297 g/mol. The summed E-state index contributed by atoms with van der Waals surface area (Å²) < 4.78 is 0. The van der Waals surface area contributed by atoms with Gasteiger partial charge in [0.25, 0.3) is 0 Å².